The summed E-state index contributed by atoms with van der Waals surface area (Å²) < 4.78 is 8.26. The van der Waals surface area contributed by atoms with E-state index in [9.17, 15) is 0 Å². The van der Waals surface area contributed by atoms with Crippen LogP contribution in [-0.2, 0) is 4.74 Å². The Labute approximate surface area is 108 Å². The van der Waals surface area contributed by atoms with Gasteiger partial charge in [-0.25, -0.2) is 0 Å². The van der Waals surface area contributed by atoms with Crippen molar-refractivity contribution in [3.63, 3.8) is 0 Å². The van der Waals surface area contributed by atoms with Gasteiger partial charge in [0.25, 0.3) is 0 Å². The lowest BCUT2D eigenvalue weighted by Crippen LogP contribution is -2.42. The fraction of sp³-hybridized carbons (Fsp3) is 0.667. The van der Waals surface area contributed by atoms with Crippen LogP contribution in [0.5, 0.6) is 0 Å². The molecule has 1 aliphatic carbocycles. The Bertz CT molecular complexity index is 446. The Morgan fingerprint density at radius 3 is 2.94 bits per heavy atom. The highest BCUT2D eigenvalue weighted by Crippen LogP contribution is 2.42. The van der Waals surface area contributed by atoms with Gasteiger partial charge in [-0.15, -0.1) is 0 Å². The van der Waals surface area contributed by atoms with Gasteiger partial charge in [-0.3, -0.25) is 0 Å². The Morgan fingerprint density at radius 1 is 1.33 bits per heavy atom. The molecule has 0 aromatic carbocycles. The van der Waals surface area contributed by atoms with E-state index in [4.69, 9.17) is 10.00 Å². The van der Waals surface area contributed by atoms with Crippen LogP contribution in [0.15, 0.2) is 18.3 Å². The smallest absolute Gasteiger partial charge is 0.120 e. The molecule has 0 bridgehead atoms. The molecule has 3 heteroatoms. The van der Waals surface area contributed by atoms with Crippen LogP contribution in [0, 0.1) is 11.3 Å². The zero-order chi connectivity index (χ0) is 12.4. The summed E-state index contributed by atoms with van der Waals surface area (Å²) in [5.74, 6) is 0. The molecule has 0 radical (unpaired) electrons. The van der Waals surface area contributed by atoms with Gasteiger partial charge < -0.3 is 9.30 Å². The van der Waals surface area contributed by atoms with Crippen molar-refractivity contribution in [3.05, 3.63) is 24.0 Å². The average Bonchev–Trinajstić information content (AvgIpc) is 2.88. The van der Waals surface area contributed by atoms with Gasteiger partial charge in [0.2, 0.25) is 0 Å². The molecule has 3 nitrogen and oxygen atoms in total. The van der Waals surface area contributed by atoms with Crippen molar-refractivity contribution in [2.45, 2.75) is 56.6 Å². The fourth-order valence-corrected chi connectivity index (χ4v) is 3.59. The minimum absolute atomic E-state index is 0.109. The highest BCUT2D eigenvalue weighted by molar-refractivity contribution is 5.23. The van der Waals surface area contributed by atoms with Gasteiger partial charge in [0.1, 0.15) is 11.8 Å². The lowest BCUT2D eigenvalue weighted by Gasteiger charge is -2.44. The molecule has 3 rings (SSSR count). The summed E-state index contributed by atoms with van der Waals surface area (Å²) >= 11 is 0. The van der Waals surface area contributed by atoms with Crippen molar-refractivity contribution in [2.75, 3.05) is 6.61 Å². The first-order valence-electron chi connectivity index (χ1n) is 7.04. The van der Waals surface area contributed by atoms with Gasteiger partial charge in [-0.05, 0) is 37.8 Å². The maximum absolute atomic E-state index is 9.14. The number of nitriles is 1. The van der Waals surface area contributed by atoms with E-state index in [2.05, 4.69) is 10.6 Å². The van der Waals surface area contributed by atoms with Crippen LogP contribution < -0.4 is 0 Å². The van der Waals surface area contributed by atoms with Crippen molar-refractivity contribution < 1.29 is 4.74 Å². The van der Waals surface area contributed by atoms with Gasteiger partial charge in [0.05, 0.1) is 5.60 Å². The zero-order valence-electron chi connectivity index (χ0n) is 10.8. The molecule has 1 aliphatic heterocycles. The van der Waals surface area contributed by atoms with Crippen molar-refractivity contribution in [3.8, 4) is 6.07 Å². The van der Waals surface area contributed by atoms with Gasteiger partial charge in [0.15, 0.2) is 0 Å². The molecule has 1 aromatic rings. The van der Waals surface area contributed by atoms with E-state index >= 15 is 0 Å². The van der Waals surface area contributed by atoms with Crippen LogP contribution in [0.2, 0.25) is 0 Å². The SMILES string of the molecule is N#Cc1cccn1C1CCOC2(CCCCC2)C1. The van der Waals surface area contributed by atoms with Crippen molar-refractivity contribution in [1.82, 2.24) is 4.57 Å². The lowest BCUT2D eigenvalue weighted by atomic mass is 9.78. The van der Waals surface area contributed by atoms with Gasteiger partial charge in [0, 0.05) is 18.8 Å². The summed E-state index contributed by atoms with van der Waals surface area (Å²) in [6, 6.07) is 6.61. The number of hydrogen-bond acceptors (Lipinski definition) is 2. The Balaban J connectivity index is 1.80. The number of rotatable bonds is 1. The largest absolute Gasteiger partial charge is 0.375 e. The highest BCUT2D eigenvalue weighted by Gasteiger charge is 2.39. The molecular formula is C15H20N2O. The summed E-state index contributed by atoms with van der Waals surface area (Å²) in [6.45, 7) is 0.841. The number of nitrogens with zero attached hydrogens (tertiary/aromatic N) is 2. The monoisotopic (exact) mass is 244 g/mol. The number of aromatic nitrogens is 1. The van der Waals surface area contributed by atoms with E-state index in [1.807, 2.05) is 18.3 Å². The minimum atomic E-state index is 0.109. The second kappa shape index (κ2) is 4.78. The predicted octanol–water partition coefficient (Wildman–Crippen LogP) is 3.41. The highest BCUT2D eigenvalue weighted by atomic mass is 16.5. The first kappa shape index (κ1) is 11.8. The van der Waals surface area contributed by atoms with Crippen molar-refractivity contribution in [2.24, 2.45) is 0 Å². The van der Waals surface area contributed by atoms with Crippen molar-refractivity contribution in [1.29, 1.82) is 5.26 Å². The third-order valence-electron chi connectivity index (χ3n) is 4.52. The molecule has 18 heavy (non-hydrogen) atoms. The first-order valence-corrected chi connectivity index (χ1v) is 7.04. The fourth-order valence-electron chi connectivity index (χ4n) is 3.59. The summed E-state index contributed by atoms with van der Waals surface area (Å²) in [5, 5.41) is 9.14. The van der Waals surface area contributed by atoms with Crippen molar-refractivity contribution >= 4 is 0 Å². The molecule has 1 saturated carbocycles. The predicted molar refractivity (Wildman–Crippen MR) is 69.2 cm³/mol. The molecule has 1 atom stereocenters. The average molecular weight is 244 g/mol. The molecule has 2 heterocycles. The van der Waals surface area contributed by atoms with Gasteiger partial charge >= 0.3 is 0 Å². The minimum Gasteiger partial charge on any atom is -0.375 e. The molecule has 1 unspecified atom stereocenters. The summed E-state index contributed by atoms with van der Waals surface area (Å²) in [7, 11) is 0. The molecule has 0 N–H and O–H groups in total. The Hall–Kier alpha value is -1.27. The van der Waals surface area contributed by atoms with Crippen LogP contribution in [-0.4, -0.2) is 16.8 Å². The molecule has 2 aliphatic rings. The lowest BCUT2D eigenvalue weighted by molar-refractivity contribution is -0.114. The molecule has 2 fully saturated rings. The topological polar surface area (TPSA) is 38.0 Å². The molecule has 1 saturated heterocycles. The summed E-state index contributed by atoms with van der Waals surface area (Å²) in [6.07, 6.45) is 10.5. The van der Waals surface area contributed by atoms with E-state index in [1.165, 1.54) is 32.1 Å². The van der Waals surface area contributed by atoms with Crippen LogP contribution in [0.4, 0.5) is 0 Å². The van der Waals surface area contributed by atoms with E-state index in [0.29, 0.717) is 6.04 Å². The Kier molecular flexibility index (Phi) is 3.13. The number of hydrogen-bond donors (Lipinski definition) is 0. The molecule has 0 amide bonds. The molecule has 96 valence electrons. The van der Waals surface area contributed by atoms with E-state index in [-0.39, 0.29) is 5.60 Å². The summed E-state index contributed by atoms with van der Waals surface area (Å²) in [5.41, 5.74) is 0.894. The van der Waals surface area contributed by atoms with E-state index in [1.54, 1.807) is 0 Å². The standard InChI is InChI=1S/C15H20N2O/c16-12-14-5-4-9-17(14)13-6-10-18-15(11-13)7-2-1-3-8-15/h4-5,9,13H,1-3,6-8,10-11H2. The van der Waals surface area contributed by atoms with Crippen LogP contribution in [0.1, 0.15) is 56.7 Å². The normalized spacial score (nSPS) is 26.9. The van der Waals surface area contributed by atoms with E-state index < -0.39 is 0 Å². The third-order valence-corrected chi connectivity index (χ3v) is 4.52. The maximum atomic E-state index is 9.14. The van der Waals surface area contributed by atoms with Crippen LogP contribution >= 0.6 is 0 Å². The molecule has 1 aromatic heterocycles. The molecule has 1 spiro atoms. The Morgan fingerprint density at radius 2 is 2.17 bits per heavy atom. The van der Waals surface area contributed by atoms with E-state index in [0.717, 1.165) is 25.1 Å². The second-order valence-electron chi connectivity index (χ2n) is 5.65. The zero-order valence-corrected chi connectivity index (χ0v) is 10.8. The maximum Gasteiger partial charge on any atom is 0.120 e. The van der Waals surface area contributed by atoms with Crippen LogP contribution in [0.25, 0.3) is 0 Å². The van der Waals surface area contributed by atoms with Gasteiger partial charge in [-0.2, -0.15) is 5.26 Å². The third kappa shape index (κ3) is 2.06. The first-order chi connectivity index (χ1) is 8.83. The second-order valence-corrected chi connectivity index (χ2v) is 5.65. The van der Waals surface area contributed by atoms with Crippen LogP contribution in [0.3, 0.4) is 0 Å². The summed E-state index contributed by atoms with van der Waals surface area (Å²) in [4.78, 5) is 0. The van der Waals surface area contributed by atoms with Gasteiger partial charge in [-0.1, -0.05) is 19.3 Å². The quantitative estimate of drug-likeness (QED) is 0.759. The number of ether oxygens (including phenoxy) is 1. The molecular weight excluding hydrogens is 224 g/mol.